The quantitative estimate of drug-likeness (QED) is 0.658. The lowest BCUT2D eigenvalue weighted by Gasteiger charge is -1.94. The summed E-state index contributed by atoms with van der Waals surface area (Å²) < 4.78 is 13.2. The highest BCUT2D eigenvalue weighted by Gasteiger charge is 1.97. The molecule has 2 aromatic rings. The molecule has 0 saturated carbocycles. The number of hydrogen-bond donors (Lipinski definition) is 0. The van der Waals surface area contributed by atoms with Gasteiger partial charge in [-0.3, -0.25) is 0 Å². The van der Waals surface area contributed by atoms with Crippen molar-refractivity contribution in [3.05, 3.63) is 70.0 Å². The van der Waals surface area contributed by atoms with Gasteiger partial charge in [-0.05, 0) is 36.4 Å². The molecule has 1 nitrogen and oxygen atoms in total. The number of nitrogens with zero attached hydrogens (tertiary/aromatic N) is 1. The van der Waals surface area contributed by atoms with Crippen LogP contribution in [0.1, 0.15) is 16.7 Å². The fraction of sp³-hybridized carbons (Fsp3) is 0. The second-order valence-electron chi connectivity index (χ2n) is 3.60. The first kappa shape index (κ1) is 12.2. The molecule has 0 aliphatic heterocycles. The first-order valence-corrected chi connectivity index (χ1v) is 5.53. The van der Waals surface area contributed by atoms with Crippen LogP contribution < -0.4 is 0 Å². The van der Waals surface area contributed by atoms with E-state index >= 15 is 0 Å². The molecule has 0 heterocycles. The number of rotatable bonds is 0. The monoisotopic (exact) mass is 255 g/mol. The van der Waals surface area contributed by atoms with Gasteiger partial charge in [0, 0.05) is 16.1 Å². The highest BCUT2D eigenvalue weighted by molar-refractivity contribution is 6.30. The zero-order valence-corrected chi connectivity index (χ0v) is 10.0. The second-order valence-corrected chi connectivity index (χ2v) is 4.04. The Bertz CT molecular complexity index is 690. The van der Waals surface area contributed by atoms with Gasteiger partial charge >= 0.3 is 0 Å². The van der Waals surface area contributed by atoms with Gasteiger partial charge in [0.1, 0.15) is 5.82 Å². The van der Waals surface area contributed by atoms with Crippen LogP contribution in [0.4, 0.5) is 4.39 Å². The predicted molar refractivity (Wildman–Crippen MR) is 68.5 cm³/mol. The molecule has 0 atom stereocenters. The minimum absolute atomic E-state index is 0.255. The zero-order chi connectivity index (χ0) is 13.0. The molecule has 3 heteroatoms. The average molecular weight is 256 g/mol. The van der Waals surface area contributed by atoms with Gasteiger partial charge in [-0.2, -0.15) is 5.26 Å². The van der Waals surface area contributed by atoms with Crippen molar-refractivity contribution < 1.29 is 4.39 Å². The Morgan fingerprint density at radius 3 is 2.39 bits per heavy atom. The summed E-state index contributed by atoms with van der Waals surface area (Å²) >= 11 is 5.83. The Hall–Kier alpha value is -2.29. The van der Waals surface area contributed by atoms with Gasteiger partial charge in [0.15, 0.2) is 0 Å². The lowest BCUT2D eigenvalue weighted by molar-refractivity contribution is 0.627. The number of halogens is 2. The van der Waals surface area contributed by atoms with Crippen molar-refractivity contribution in [1.82, 2.24) is 0 Å². The molecule has 2 rings (SSSR count). The summed E-state index contributed by atoms with van der Waals surface area (Å²) in [5.41, 5.74) is 1.46. The van der Waals surface area contributed by atoms with Crippen molar-refractivity contribution >= 4 is 11.6 Å². The van der Waals surface area contributed by atoms with Crippen LogP contribution in [0, 0.1) is 29.0 Å². The van der Waals surface area contributed by atoms with Crippen LogP contribution in [0.15, 0.2) is 42.5 Å². The molecule has 0 spiro atoms. The topological polar surface area (TPSA) is 23.8 Å². The SMILES string of the molecule is N#Cc1cc(F)cc(C#Cc2cccc(Cl)c2)c1. The van der Waals surface area contributed by atoms with E-state index in [2.05, 4.69) is 11.8 Å². The molecule has 2 aromatic carbocycles. The van der Waals surface area contributed by atoms with Crippen LogP contribution in [0.5, 0.6) is 0 Å². The fourth-order valence-electron chi connectivity index (χ4n) is 1.44. The van der Waals surface area contributed by atoms with Crippen molar-refractivity contribution in [3.8, 4) is 17.9 Å². The maximum absolute atomic E-state index is 13.2. The molecule has 0 saturated heterocycles. The van der Waals surface area contributed by atoms with E-state index in [-0.39, 0.29) is 5.56 Å². The molecule has 0 aliphatic carbocycles. The summed E-state index contributed by atoms with van der Waals surface area (Å²) in [7, 11) is 0. The van der Waals surface area contributed by atoms with Crippen LogP contribution in [0.2, 0.25) is 5.02 Å². The van der Waals surface area contributed by atoms with Gasteiger partial charge in [0.05, 0.1) is 11.6 Å². The lowest BCUT2D eigenvalue weighted by atomic mass is 10.1. The molecular formula is C15H7ClFN. The Morgan fingerprint density at radius 1 is 0.944 bits per heavy atom. The van der Waals surface area contributed by atoms with Gasteiger partial charge < -0.3 is 0 Å². The molecule has 0 fully saturated rings. The predicted octanol–water partition coefficient (Wildman–Crippen LogP) is 3.75. The molecule has 0 N–H and O–H groups in total. The summed E-state index contributed by atoms with van der Waals surface area (Å²) in [5, 5.41) is 9.32. The molecule has 0 aromatic heterocycles. The van der Waals surface area contributed by atoms with Gasteiger partial charge in [-0.15, -0.1) is 0 Å². The van der Waals surface area contributed by atoms with E-state index in [4.69, 9.17) is 16.9 Å². The molecule has 0 unspecified atom stereocenters. The molecule has 18 heavy (non-hydrogen) atoms. The first-order valence-electron chi connectivity index (χ1n) is 5.15. The number of hydrogen-bond acceptors (Lipinski definition) is 1. The second kappa shape index (κ2) is 5.36. The maximum Gasteiger partial charge on any atom is 0.125 e. The zero-order valence-electron chi connectivity index (χ0n) is 9.24. The number of benzene rings is 2. The Morgan fingerprint density at radius 2 is 1.67 bits per heavy atom. The van der Waals surface area contributed by atoms with E-state index < -0.39 is 5.82 Å². The molecular weight excluding hydrogens is 249 g/mol. The first-order chi connectivity index (χ1) is 8.67. The van der Waals surface area contributed by atoms with Gasteiger partial charge in [-0.25, -0.2) is 4.39 Å². The van der Waals surface area contributed by atoms with Gasteiger partial charge in [0.25, 0.3) is 0 Å². The Balaban J connectivity index is 2.36. The summed E-state index contributed by atoms with van der Waals surface area (Å²) in [5.74, 6) is 5.21. The van der Waals surface area contributed by atoms with Gasteiger partial charge in [-0.1, -0.05) is 29.5 Å². The minimum Gasteiger partial charge on any atom is -0.207 e. The third-order valence-corrected chi connectivity index (χ3v) is 2.44. The summed E-state index contributed by atoms with van der Waals surface area (Å²) in [6, 6.07) is 13.0. The van der Waals surface area contributed by atoms with Crippen LogP contribution in [-0.4, -0.2) is 0 Å². The van der Waals surface area contributed by atoms with Crippen molar-refractivity contribution in [2.24, 2.45) is 0 Å². The fourth-order valence-corrected chi connectivity index (χ4v) is 1.63. The Labute approximate surface area is 109 Å². The smallest absolute Gasteiger partial charge is 0.125 e. The van der Waals surface area contributed by atoms with E-state index in [9.17, 15) is 4.39 Å². The standard InChI is InChI=1S/C15H7ClFN/c16-14-3-1-2-11(7-14)4-5-12-6-13(10-18)9-15(17)8-12/h1-3,6-9H. The highest BCUT2D eigenvalue weighted by atomic mass is 35.5. The molecule has 0 aliphatic rings. The molecule has 0 radical (unpaired) electrons. The summed E-state index contributed by atoms with van der Waals surface area (Å²) in [6.45, 7) is 0. The highest BCUT2D eigenvalue weighted by Crippen LogP contribution is 2.11. The summed E-state index contributed by atoms with van der Waals surface area (Å²) in [6.07, 6.45) is 0. The number of nitriles is 1. The van der Waals surface area contributed by atoms with Crippen LogP contribution in [-0.2, 0) is 0 Å². The summed E-state index contributed by atoms with van der Waals surface area (Å²) in [4.78, 5) is 0. The molecule has 86 valence electrons. The van der Waals surface area contributed by atoms with E-state index in [1.165, 1.54) is 12.1 Å². The van der Waals surface area contributed by atoms with E-state index in [0.717, 1.165) is 5.56 Å². The third-order valence-electron chi connectivity index (χ3n) is 2.20. The lowest BCUT2D eigenvalue weighted by Crippen LogP contribution is -1.83. The van der Waals surface area contributed by atoms with Crippen LogP contribution in [0.3, 0.4) is 0 Å². The van der Waals surface area contributed by atoms with Crippen molar-refractivity contribution in [2.75, 3.05) is 0 Å². The molecule has 0 bridgehead atoms. The van der Waals surface area contributed by atoms with E-state index in [1.807, 2.05) is 12.1 Å². The maximum atomic E-state index is 13.2. The Kier molecular flexibility index (Phi) is 3.63. The van der Waals surface area contributed by atoms with Crippen molar-refractivity contribution in [2.45, 2.75) is 0 Å². The van der Waals surface area contributed by atoms with Crippen molar-refractivity contribution in [3.63, 3.8) is 0 Å². The van der Waals surface area contributed by atoms with E-state index in [1.54, 1.807) is 24.3 Å². The average Bonchev–Trinajstić information content (AvgIpc) is 2.36. The van der Waals surface area contributed by atoms with Crippen LogP contribution >= 0.6 is 11.6 Å². The van der Waals surface area contributed by atoms with E-state index in [0.29, 0.717) is 10.6 Å². The van der Waals surface area contributed by atoms with Gasteiger partial charge in [0.2, 0.25) is 0 Å². The van der Waals surface area contributed by atoms with Crippen molar-refractivity contribution in [1.29, 1.82) is 5.26 Å². The molecule has 0 amide bonds. The van der Waals surface area contributed by atoms with Crippen LogP contribution in [0.25, 0.3) is 0 Å². The minimum atomic E-state index is -0.468. The largest absolute Gasteiger partial charge is 0.207 e. The normalized spacial score (nSPS) is 9.17. The third kappa shape index (κ3) is 3.10.